The number of sulfonamides is 1. The fraction of sp³-hybridized carbons (Fsp3) is 0.471. The zero-order valence-corrected chi connectivity index (χ0v) is 16.1. The zero-order valence-electron chi connectivity index (χ0n) is 14.6. The quantitative estimate of drug-likeness (QED) is 0.793. The number of benzene rings is 1. The Morgan fingerprint density at radius 3 is 2.88 bits per heavy atom. The molecule has 3 heterocycles. The van der Waals surface area contributed by atoms with Gasteiger partial charge in [-0.05, 0) is 19.1 Å². The fourth-order valence-corrected chi connectivity index (χ4v) is 5.26. The van der Waals surface area contributed by atoms with E-state index in [0.717, 1.165) is 11.1 Å². The van der Waals surface area contributed by atoms with Crippen LogP contribution >= 0.6 is 11.6 Å². The summed E-state index contributed by atoms with van der Waals surface area (Å²) in [5.41, 5.74) is 1.70. The third-order valence-corrected chi connectivity index (χ3v) is 6.81. The first-order chi connectivity index (χ1) is 12.3. The van der Waals surface area contributed by atoms with E-state index in [9.17, 15) is 8.42 Å². The summed E-state index contributed by atoms with van der Waals surface area (Å²) in [6.07, 6.45) is 3.86. The van der Waals surface area contributed by atoms with E-state index >= 15 is 0 Å². The van der Waals surface area contributed by atoms with Crippen molar-refractivity contribution in [1.82, 2.24) is 14.1 Å². The SMILES string of the molecule is C[C@H]1Cc2cc(S(=O)(=O)N3CCO[C@@H](c4cnn(C)c4)C3)cc(Cl)c2O1. The molecule has 2 aliphatic rings. The van der Waals surface area contributed by atoms with Gasteiger partial charge in [-0.25, -0.2) is 8.42 Å². The number of aromatic nitrogens is 2. The molecule has 2 aromatic rings. The maximum atomic E-state index is 13.2. The summed E-state index contributed by atoms with van der Waals surface area (Å²) in [6.45, 7) is 2.82. The fourth-order valence-electron chi connectivity index (χ4n) is 3.41. The highest BCUT2D eigenvalue weighted by atomic mass is 35.5. The lowest BCUT2D eigenvalue weighted by atomic mass is 10.1. The summed E-state index contributed by atoms with van der Waals surface area (Å²) in [5.74, 6) is 0.591. The van der Waals surface area contributed by atoms with E-state index in [2.05, 4.69) is 5.10 Å². The van der Waals surface area contributed by atoms with Crippen molar-refractivity contribution in [2.45, 2.75) is 30.4 Å². The van der Waals surface area contributed by atoms with Crippen LogP contribution in [-0.2, 0) is 28.2 Å². The van der Waals surface area contributed by atoms with Crippen molar-refractivity contribution < 1.29 is 17.9 Å². The van der Waals surface area contributed by atoms with Crippen LogP contribution in [-0.4, -0.2) is 48.3 Å². The second-order valence-electron chi connectivity index (χ2n) is 6.70. The summed E-state index contributed by atoms with van der Waals surface area (Å²) < 4.78 is 40.8. The summed E-state index contributed by atoms with van der Waals surface area (Å²) in [5, 5.41) is 4.47. The first-order valence-electron chi connectivity index (χ1n) is 8.44. The molecule has 7 nitrogen and oxygen atoms in total. The minimum absolute atomic E-state index is 0.00111. The second-order valence-corrected chi connectivity index (χ2v) is 9.04. The van der Waals surface area contributed by atoms with Crippen LogP contribution in [0.2, 0.25) is 5.02 Å². The molecule has 1 fully saturated rings. The topological polar surface area (TPSA) is 73.7 Å². The molecule has 1 saturated heterocycles. The van der Waals surface area contributed by atoms with Gasteiger partial charge in [0.1, 0.15) is 11.9 Å². The van der Waals surface area contributed by atoms with Crippen LogP contribution in [0, 0.1) is 0 Å². The van der Waals surface area contributed by atoms with Crippen LogP contribution in [0.1, 0.15) is 24.2 Å². The van der Waals surface area contributed by atoms with Gasteiger partial charge in [0.25, 0.3) is 0 Å². The minimum Gasteiger partial charge on any atom is -0.489 e. The Labute approximate surface area is 157 Å². The molecule has 1 aromatic heterocycles. The van der Waals surface area contributed by atoms with Crippen molar-refractivity contribution in [2.24, 2.45) is 7.05 Å². The van der Waals surface area contributed by atoms with Gasteiger partial charge >= 0.3 is 0 Å². The Morgan fingerprint density at radius 2 is 2.15 bits per heavy atom. The maximum absolute atomic E-state index is 13.2. The smallest absolute Gasteiger partial charge is 0.243 e. The monoisotopic (exact) mass is 397 g/mol. The van der Waals surface area contributed by atoms with E-state index in [1.54, 1.807) is 16.9 Å². The molecular formula is C17H20ClN3O4S. The number of halogens is 1. The Morgan fingerprint density at radius 1 is 1.35 bits per heavy atom. The molecule has 2 atom stereocenters. The average molecular weight is 398 g/mol. The minimum atomic E-state index is -3.67. The molecule has 0 radical (unpaired) electrons. The largest absolute Gasteiger partial charge is 0.489 e. The van der Waals surface area contributed by atoms with Crippen LogP contribution in [0.5, 0.6) is 5.75 Å². The molecule has 26 heavy (non-hydrogen) atoms. The normalized spacial score (nSPS) is 23.7. The Kier molecular flexibility index (Phi) is 4.46. The van der Waals surface area contributed by atoms with Gasteiger partial charge in [0.15, 0.2) is 0 Å². The predicted molar refractivity (Wildman–Crippen MR) is 95.9 cm³/mol. The van der Waals surface area contributed by atoms with E-state index in [4.69, 9.17) is 21.1 Å². The molecule has 0 amide bonds. The molecule has 0 unspecified atom stereocenters. The van der Waals surface area contributed by atoms with Gasteiger partial charge in [-0.3, -0.25) is 4.68 Å². The second kappa shape index (κ2) is 6.53. The van der Waals surface area contributed by atoms with Crippen molar-refractivity contribution in [3.8, 4) is 5.75 Å². The number of hydrogen-bond acceptors (Lipinski definition) is 5. The van der Waals surface area contributed by atoms with Crippen molar-refractivity contribution >= 4 is 21.6 Å². The van der Waals surface area contributed by atoms with Gasteiger partial charge in [-0.15, -0.1) is 0 Å². The number of nitrogens with zero attached hydrogens (tertiary/aromatic N) is 3. The van der Waals surface area contributed by atoms with Crippen molar-refractivity contribution in [3.05, 3.63) is 40.7 Å². The van der Waals surface area contributed by atoms with E-state index in [-0.39, 0.29) is 23.6 Å². The highest BCUT2D eigenvalue weighted by molar-refractivity contribution is 7.89. The van der Waals surface area contributed by atoms with Crippen molar-refractivity contribution in [3.63, 3.8) is 0 Å². The number of aryl methyl sites for hydroxylation is 1. The third-order valence-electron chi connectivity index (χ3n) is 4.68. The van der Waals surface area contributed by atoms with Crippen molar-refractivity contribution in [2.75, 3.05) is 19.7 Å². The standard InChI is InChI=1S/C17H20ClN3O4S/c1-11-5-12-6-14(7-15(18)17(12)25-11)26(22,23)21-3-4-24-16(10-21)13-8-19-20(2)9-13/h6-9,11,16H,3-5,10H2,1-2H3/t11-,16+/m0/s1. The summed E-state index contributed by atoms with van der Waals surface area (Å²) in [4.78, 5) is 0.200. The molecule has 0 N–H and O–H groups in total. The number of ether oxygens (including phenoxy) is 2. The third kappa shape index (κ3) is 3.11. The van der Waals surface area contributed by atoms with Crippen LogP contribution in [0.25, 0.3) is 0 Å². The van der Waals surface area contributed by atoms with E-state index < -0.39 is 10.0 Å². The average Bonchev–Trinajstić information content (AvgIpc) is 3.20. The lowest BCUT2D eigenvalue weighted by Crippen LogP contribution is -2.42. The molecule has 9 heteroatoms. The number of hydrogen-bond donors (Lipinski definition) is 0. The molecule has 140 valence electrons. The maximum Gasteiger partial charge on any atom is 0.243 e. The molecule has 0 aliphatic carbocycles. The summed E-state index contributed by atoms with van der Waals surface area (Å²) in [6, 6.07) is 3.15. The number of rotatable bonds is 3. The highest BCUT2D eigenvalue weighted by Crippen LogP contribution is 2.39. The van der Waals surface area contributed by atoms with Crippen LogP contribution < -0.4 is 4.74 Å². The molecule has 1 aromatic carbocycles. The number of morpholine rings is 1. The molecular weight excluding hydrogens is 378 g/mol. The molecule has 0 saturated carbocycles. The highest BCUT2D eigenvalue weighted by Gasteiger charge is 2.34. The van der Waals surface area contributed by atoms with E-state index in [0.29, 0.717) is 30.3 Å². The Balaban J connectivity index is 1.62. The van der Waals surface area contributed by atoms with Crippen molar-refractivity contribution in [1.29, 1.82) is 0 Å². The predicted octanol–water partition coefficient (Wildman–Crippen LogP) is 2.16. The van der Waals surface area contributed by atoms with Crippen LogP contribution in [0.4, 0.5) is 0 Å². The Hall–Kier alpha value is -1.61. The summed E-state index contributed by atoms with van der Waals surface area (Å²) in [7, 11) is -1.86. The first kappa shape index (κ1) is 17.8. The van der Waals surface area contributed by atoms with Gasteiger partial charge in [-0.2, -0.15) is 9.40 Å². The van der Waals surface area contributed by atoms with Gasteiger partial charge < -0.3 is 9.47 Å². The molecule has 2 aliphatic heterocycles. The van der Waals surface area contributed by atoms with Gasteiger partial charge in [0, 0.05) is 43.9 Å². The van der Waals surface area contributed by atoms with E-state index in [1.807, 2.05) is 20.2 Å². The zero-order chi connectivity index (χ0) is 18.5. The molecule has 0 spiro atoms. The lowest BCUT2D eigenvalue weighted by Gasteiger charge is -2.31. The van der Waals surface area contributed by atoms with E-state index in [1.165, 1.54) is 10.4 Å². The van der Waals surface area contributed by atoms with Crippen LogP contribution in [0.3, 0.4) is 0 Å². The Bertz CT molecular complexity index is 943. The molecule has 4 rings (SSSR count). The van der Waals surface area contributed by atoms with Gasteiger partial charge in [0.05, 0.1) is 28.8 Å². The first-order valence-corrected chi connectivity index (χ1v) is 10.3. The summed E-state index contributed by atoms with van der Waals surface area (Å²) >= 11 is 6.27. The number of fused-ring (bicyclic) bond motifs is 1. The van der Waals surface area contributed by atoms with Gasteiger partial charge in [-0.1, -0.05) is 11.6 Å². The van der Waals surface area contributed by atoms with Crippen LogP contribution in [0.15, 0.2) is 29.4 Å². The molecule has 0 bridgehead atoms. The lowest BCUT2D eigenvalue weighted by molar-refractivity contribution is -0.00259. The van der Waals surface area contributed by atoms with Gasteiger partial charge in [0.2, 0.25) is 10.0 Å².